The molecule has 0 aliphatic carbocycles. The molecule has 31 heavy (non-hydrogen) atoms. The van der Waals surface area contributed by atoms with Crippen molar-refractivity contribution >= 4 is 10.0 Å². The van der Waals surface area contributed by atoms with Crippen LogP contribution in [0.5, 0.6) is 5.75 Å². The lowest BCUT2D eigenvalue weighted by molar-refractivity contribution is 0.286. The summed E-state index contributed by atoms with van der Waals surface area (Å²) in [5, 5.41) is 8.26. The second kappa shape index (κ2) is 8.72. The minimum Gasteiger partial charge on any atom is -0.494 e. The standard InChI is InChI=1S/C21H25N5O4S/c1-4-29-19-8-7-18(10-14(19)2)31(27,28)26-9-5-6-16(13-26)20-24-25-21(30-20)17-11-22-15(3)23-12-17/h7-8,10-12,16H,4-6,9,13H2,1-3H3/t16-/m0/s1. The summed E-state index contributed by atoms with van der Waals surface area (Å²) in [4.78, 5) is 8.55. The highest BCUT2D eigenvalue weighted by atomic mass is 32.2. The van der Waals surface area contributed by atoms with Gasteiger partial charge in [-0.25, -0.2) is 18.4 Å². The Morgan fingerprint density at radius 1 is 1.19 bits per heavy atom. The molecule has 0 bridgehead atoms. The number of sulfonamides is 1. The van der Waals surface area contributed by atoms with Crippen LogP contribution in [0.25, 0.3) is 11.5 Å². The fourth-order valence-electron chi connectivity index (χ4n) is 3.63. The predicted molar refractivity (Wildman–Crippen MR) is 113 cm³/mol. The average molecular weight is 444 g/mol. The smallest absolute Gasteiger partial charge is 0.250 e. The number of aromatic nitrogens is 4. The molecule has 3 heterocycles. The number of aryl methyl sites for hydroxylation is 2. The van der Waals surface area contributed by atoms with Crippen molar-refractivity contribution in [3.63, 3.8) is 0 Å². The number of hydrogen-bond acceptors (Lipinski definition) is 8. The van der Waals surface area contributed by atoms with Crippen LogP contribution in [0.1, 0.15) is 43.0 Å². The second-order valence-corrected chi connectivity index (χ2v) is 9.46. The molecule has 0 amide bonds. The predicted octanol–water partition coefficient (Wildman–Crippen LogP) is 3.11. The van der Waals surface area contributed by atoms with Crippen LogP contribution in [-0.2, 0) is 10.0 Å². The van der Waals surface area contributed by atoms with E-state index in [-0.39, 0.29) is 10.8 Å². The van der Waals surface area contributed by atoms with Gasteiger partial charge in [0.05, 0.1) is 23.0 Å². The molecule has 0 unspecified atom stereocenters. The van der Waals surface area contributed by atoms with E-state index < -0.39 is 10.0 Å². The molecule has 0 N–H and O–H groups in total. The maximum absolute atomic E-state index is 13.2. The molecule has 1 fully saturated rings. The lowest BCUT2D eigenvalue weighted by Crippen LogP contribution is -2.39. The second-order valence-electron chi connectivity index (χ2n) is 7.53. The van der Waals surface area contributed by atoms with Gasteiger partial charge in [-0.3, -0.25) is 0 Å². The van der Waals surface area contributed by atoms with Crippen LogP contribution in [0.2, 0.25) is 0 Å². The molecule has 164 valence electrons. The topological polar surface area (TPSA) is 111 Å². The Balaban J connectivity index is 1.53. The van der Waals surface area contributed by atoms with Crippen molar-refractivity contribution in [3.05, 3.63) is 47.9 Å². The third-order valence-corrected chi connectivity index (χ3v) is 7.15. The zero-order chi connectivity index (χ0) is 22.0. The summed E-state index contributed by atoms with van der Waals surface area (Å²) in [5.74, 6) is 1.94. The molecule has 10 heteroatoms. The SMILES string of the molecule is CCOc1ccc(S(=O)(=O)N2CCC[C@H](c3nnc(-c4cnc(C)nc4)o3)C2)cc1C. The van der Waals surface area contributed by atoms with Crippen molar-refractivity contribution in [1.82, 2.24) is 24.5 Å². The van der Waals surface area contributed by atoms with E-state index in [0.717, 1.165) is 12.0 Å². The highest BCUT2D eigenvalue weighted by molar-refractivity contribution is 7.89. The first-order chi connectivity index (χ1) is 14.9. The third-order valence-electron chi connectivity index (χ3n) is 5.29. The van der Waals surface area contributed by atoms with Gasteiger partial charge < -0.3 is 9.15 Å². The van der Waals surface area contributed by atoms with Gasteiger partial charge in [0.25, 0.3) is 5.89 Å². The summed E-state index contributed by atoms with van der Waals surface area (Å²) in [5.41, 5.74) is 1.42. The van der Waals surface area contributed by atoms with Crippen LogP contribution in [-0.4, -0.2) is 52.6 Å². The molecule has 3 aromatic rings. The monoisotopic (exact) mass is 443 g/mol. The summed E-state index contributed by atoms with van der Waals surface area (Å²) in [6, 6.07) is 4.96. The van der Waals surface area contributed by atoms with E-state index in [1.54, 1.807) is 37.5 Å². The minimum atomic E-state index is -3.64. The Kier molecular flexibility index (Phi) is 6.01. The van der Waals surface area contributed by atoms with Crippen molar-refractivity contribution in [2.45, 2.75) is 44.4 Å². The third kappa shape index (κ3) is 4.45. The van der Waals surface area contributed by atoms with Crippen LogP contribution in [0.3, 0.4) is 0 Å². The quantitative estimate of drug-likeness (QED) is 0.571. The lowest BCUT2D eigenvalue weighted by Gasteiger charge is -2.30. The zero-order valence-electron chi connectivity index (χ0n) is 17.8. The Hall–Kier alpha value is -2.85. The molecule has 0 spiro atoms. The summed E-state index contributed by atoms with van der Waals surface area (Å²) in [7, 11) is -3.64. The van der Waals surface area contributed by atoms with E-state index in [2.05, 4.69) is 20.2 Å². The van der Waals surface area contributed by atoms with Crippen molar-refractivity contribution < 1.29 is 17.6 Å². The van der Waals surface area contributed by atoms with Crippen molar-refractivity contribution in [1.29, 1.82) is 0 Å². The highest BCUT2D eigenvalue weighted by Crippen LogP contribution is 2.32. The fraction of sp³-hybridized carbons (Fsp3) is 0.429. The molecule has 1 aliphatic rings. The number of nitrogens with zero attached hydrogens (tertiary/aromatic N) is 5. The maximum Gasteiger partial charge on any atom is 0.250 e. The fourth-order valence-corrected chi connectivity index (χ4v) is 5.24. The van der Waals surface area contributed by atoms with Gasteiger partial charge in [0.2, 0.25) is 15.9 Å². The van der Waals surface area contributed by atoms with E-state index in [0.29, 0.717) is 55.0 Å². The highest BCUT2D eigenvalue weighted by Gasteiger charge is 2.33. The van der Waals surface area contributed by atoms with Crippen LogP contribution in [0.15, 0.2) is 39.9 Å². The van der Waals surface area contributed by atoms with Crippen LogP contribution in [0, 0.1) is 13.8 Å². The van der Waals surface area contributed by atoms with E-state index in [4.69, 9.17) is 9.15 Å². The largest absolute Gasteiger partial charge is 0.494 e. The zero-order valence-corrected chi connectivity index (χ0v) is 18.6. The summed E-state index contributed by atoms with van der Waals surface area (Å²) >= 11 is 0. The first-order valence-electron chi connectivity index (χ1n) is 10.2. The van der Waals surface area contributed by atoms with Gasteiger partial charge in [0, 0.05) is 25.5 Å². The Morgan fingerprint density at radius 2 is 1.97 bits per heavy atom. The molecule has 2 aromatic heterocycles. The van der Waals surface area contributed by atoms with Gasteiger partial charge in [0.1, 0.15) is 11.6 Å². The summed E-state index contributed by atoms with van der Waals surface area (Å²) < 4.78 is 39.3. The van der Waals surface area contributed by atoms with Crippen LogP contribution >= 0.6 is 0 Å². The van der Waals surface area contributed by atoms with E-state index >= 15 is 0 Å². The van der Waals surface area contributed by atoms with Gasteiger partial charge in [-0.05, 0) is 57.4 Å². The number of piperidine rings is 1. The van der Waals surface area contributed by atoms with Gasteiger partial charge in [0.15, 0.2) is 0 Å². The first-order valence-corrected chi connectivity index (χ1v) is 11.7. The average Bonchev–Trinajstić information content (AvgIpc) is 3.26. The Labute approximate surface area is 181 Å². The van der Waals surface area contributed by atoms with Gasteiger partial charge >= 0.3 is 0 Å². The van der Waals surface area contributed by atoms with Crippen molar-refractivity contribution in [2.75, 3.05) is 19.7 Å². The molecule has 4 rings (SSSR count). The molecule has 1 aliphatic heterocycles. The van der Waals surface area contributed by atoms with Crippen molar-refractivity contribution in [2.24, 2.45) is 0 Å². The molecular weight excluding hydrogens is 418 g/mol. The lowest BCUT2D eigenvalue weighted by atomic mass is 10.00. The Morgan fingerprint density at radius 3 is 2.68 bits per heavy atom. The Bertz CT molecular complexity index is 1160. The normalized spacial score (nSPS) is 17.6. The van der Waals surface area contributed by atoms with Gasteiger partial charge in [-0.2, -0.15) is 4.31 Å². The van der Waals surface area contributed by atoms with E-state index in [1.165, 1.54) is 4.31 Å². The molecule has 1 aromatic carbocycles. The molecule has 0 radical (unpaired) electrons. The maximum atomic E-state index is 13.2. The van der Waals surface area contributed by atoms with Crippen LogP contribution in [0.4, 0.5) is 0 Å². The van der Waals surface area contributed by atoms with Gasteiger partial charge in [-0.15, -0.1) is 10.2 Å². The number of benzene rings is 1. The van der Waals surface area contributed by atoms with Gasteiger partial charge in [-0.1, -0.05) is 0 Å². The molecular formula is C21H25N5O4S. The van der Waals surface area contributed by atoms with E-state index in [9.17, 15) is 8.42 Å². The molecule has 9 nitrogen and oxygen atoms in total. The molecule has 0 saturated carbocycles. The summed E-state index contributed by atoms with van der Waals surface area (Å²) in [6.07, 6.45) is 4.75. The van der Waals surface area contributed by atoms with Crippen LogP contribution < -0.4 is 4.74 Å². The van der Waals surface area contributed by atoms with E-state index in [1.807, 2.05) is 13.8 Å². The molecule has 1 saturated heterocycles. The summed E-state index contributed by atoms with van der Waals surface area (Å²) in [6.45, 7) is 6.82. The number of hydrogen-bond donors (Lipinski definition) is 0. The first kappa shape index (κ1) is 21.4. The van der Waals surface area contributed by atoms with Crippen molar-refractivity contribution in [3.8, 4) is 17.2 Å². The minimum absolute atomic E-state index is 0.167. The number of ether oxygens (including phenoxy) is 1. The number of rotatable bonds is 6. The molecule has 1 atom stereocenters.